The summed E-state index contributed by atoms with van der Waals surface area (Å²) >= 11 is 0. The summed E-state index contributed by atoms with van der Waals surface area (Å²) in [6.07, 6.45) is -0.665. The second kappa shape index (κ2) is 6.14. The first-order valence-electron chi connectivity index (χ1n) is 6.34. The average molecular weight is 298 g/mol. The predicted molar refractivity (Wildman–Crippen MR) is 68.3 cm³/mol. The van der Waals surface area contributed by atoms with E-state index in [4.69, 9.17) is 5.11 Å². The van der Waals surface area contributed by atoms with Crippen LogP contribution in [0.4, 0.5) is 13.2 Å². The van der Waals surface area contributed by atoms with Crippen LogP contribution >= 0.6 is 0 Å². The maximum absolute atomic E-state index is 12.6. The van der Waals surface area contributed by atoms with Crippen LogP contribution in [0.15, 0.2) is 18.5 Å². The Morgan fingerprint density at radius 1 is 1.48 bits per heavy atom. The number of nitrogens with zero attached hydrogens (tertiary/aromatic N) is 2. The standard InChI is InChI=1S/C14H13F3N2O2/c15-14(16,17)9-19(11-3-4-11)13(21)12-5-6-18-8-10(12)2-1-7-20/h5-6,8,11,20H,3-4,7,9H2. The van der Waals surface area contributed by atoms with Crippen molar-refractivity contribution < 1.29 is 23.1 Å². The van der Waals surface area contributed by atoms with Gasteiger partial charge in [0.1, 0.15) is 13.2 Å². The van der Waals surface area contributed by atoms with Crippen molar-refractivity contribution in [3.8, 4) is 11.8 Å². The summed E-state index contributed by atoms with van der Waals surface area (Å²) in [6, 6.07) is 0.973. The number of rotatable bonds is 3. The average Bonchev–Trinajstić information content (AvgIpc) is 3.25. The molecule has 2 rings (SSSR count). The van der Waals surface area contributed by atoms with E-state index in [0.717, 1.165) is 4.90 Å². The number of hydrogen-bond donors (Lipinski definition) is 1. The molecule has 1 saturated carbocycles. The maximum atomic E-state index is 12.6. The quantitative estimate of drug-likeness (QED) is 0.862. The summed E-state index contributed by atoms with van der Waals surface area (Å²) in [5, 5.41) is 8.68. The van der Waals surface area contributed by atoms with E-state index < -0.39 is 25.2 Å². The molecule has 0 aromatic carbocycles. The lowest BCUT2D eigenvalue weighted by atomic mass is 10.1. The molecule has 0 unspecified atom stereocenters. The third-order valence-electron chi connectivity index (χ3n) is 2.95. The summed E-state index contributed by atoms with van der Waals surface area (Å²) < 4.78 is 37.8. The molecule has 1 aromatic rings. The molecule has 4 nitrogen and oxygen atoms in total. The number of aliphatic hydroxyl groups excluding tert-OH is 1. The van der Waals surface area contributed by atoms with Crippen molar-refractivity contribution in [2.75, 3.05) is 13.2 Å². The highest BCUT2D eigenvalue weighted by Crippen LogP contribution is 2.31. The maximum Gasteiger partial charge on any atom is 0.406 e. The van der Waals surface area contributed by atoms with Gasteiger partial charge in [-0.25, -0.2) is 0 Å². The highest BCUT2D eigenvalue weighted by Gasteiger charge is 2.41. The molecule has 0 bridgehead atoms. The fourth-order valence-electron chi connectivity index (χ4n) is 1.92. The Kier molecular flexibility index (Phi) is 4.48. The van der Waals surface area contributed by atoms with Crippen LogP contribution in [0.1, 0.15) is 28.8 Å². The molecule has 1 aliphatic rings. The van der Waals surface area contributed by atoms with Gasteiger partial charge in [-0.2, -0.15) is 13.2 Å². The van der Waals surface area contributed by atoms with E-state index in [0.29, 0.717) is 12.8 Å². The lowest BCUT2D eigenvalue weighted by Crippen LogP contribution is -2.40. The molecule has 1 aromatic heterocycles. The number of hydrogen-bond acceptors (Lipinski definition) is 3. The Balaban J connectivity index is 2.29. The Hall–Kier alpha value is -2.07. The molecule has 0 spiro atoms. The Morgan fingerprint density at radius 2 is 2.19 bits per heavy atom. The predicted octanol–water partition coefficient (Wildman–Crippen LogP) is 1.59. The number of alkyl halides is 3. The first-order chi connectivity index (χ1) is 9.92. The minimum absolute atomic E-state index is 0.0714. The Morgan fingerprint density at radius 3 is 2.76 bits per heavy atom. The zero-order chi connectivity index (χ0) is 15.5. The molecular weight excluding hydrogens is 285 g/mol. The second-order valence-corrected chi connectivity index (χ2v) is 4.66. The molecule has 1 N–H and O–H groups in total. The number of amides is 1. The normalized spacial score (nSPS) is 14.3. The molecule has 1 aliphatic carbocycles. The van der Waals surface area contributed by atoms with E-state index in [-0.39, 0.29) is 17.2 Å². The van der Waals surface area contributed by atoms with Gasteiger partial charge < -0.3 is 10.0 Å². The summed E-state index contributed by atoms with van der Waals surface area (Å²) in [4.78, 5) is 17.0. The second-order valence-electron chi connectivity index (χ2n) is 4.66. The van der Waals surface area contributed by atoms with Gasteiger partial charge in [-0.05, 0) is 18.9 Å². The molecule has 1 amide bonds. The van der Waals surface area contributed by atoms with Crippen molar-refractivity contribution in [1.29, 1.82) is 0 Å². The van der Waals surface area contributed by atoms with Crippen molar-refractivity contribution in [1.82, 2.24) is 9.88 Å². The third-order valence-corrected chi connectivity index (χ3v) is 2.95. The SMILES string of the molecule is O=C(c1ccncc1C#CCO)N(CC(F)(F)F)C1CC1. The zero-order valence-corrected chi connectivity index (χ0v) is 11.0. The van der Waals surface area contributed by atoms with Gasteiger partial charge in [0.25, 0.3) is 5.91 Å². The summed E-state index contributed by atoms with van der Waals surface area (Å²) in [5.41, 5.74) is 0.284. The van der Waals surface area contributed by atoms with Crippen LogP contribution in [0.25, 0.3) is 0 Å². The van der Waals surface area contributed by atoms with Crippen LogP contribution in [0.3, 0.4) is 0 Å². The molecule has 0 aliphatic heterocycles. The van der Waals surface area contributed by atoms with Gasteiger partial charge in [0.05, 0.1) is 11.1 Å². The van der Waals surface area contributed by atoms with Crippen LogP contribution in [0, 0.1) is 11.8 Å². The van der Waals surface area contributed by atoms with Crippen molar-refractivity contribution >= 4 is 5.91 Å². The highest BCUT2D eigenvalue weighted by molar-refractivity contribution is 5.97. The van der Waals surface area contributed by atoms with Crippen molar-refractivity contribution in [3.63, 3.8) is 0 Å². The number of halogens is 3. The number of carbonyl (C=O) groups excluding carboxylic acids is 1. The molecule has 0 radical (unpaired) electrons. The summed E-state index contributed by atoms with van der Waals surface area (Å²) in [5.74, 6) is 4.19. The number of aliphatic hydroxyl groups is 1. The first-order valence-corrected chi connectivity index (χ1v) is 6.34. The molecule has 7 heteroatoms. The van der Waals surface area contributed by atoms with E-state index in [9.17, 15) is 18.0 Å². The van der Waals surface area contributed by atoms with Crippen LogP contribution in [-0.4, -0.2) is 46.3 Å². The van der Waals surface area contributed by atoms with E-state index in [2.05, 4.69) is 16.8 Å². The smallest absolute Gasteiger partial charge is 0.384 e. The van der Waals surface area contributed by atoms with Gasteiger partial charge in [0, 0.05) is 18.4 Å². The van der Waals surface area contributed by atoms with Crippen LogP contribution < -0.4 is 0 Å². The van der Waals surface area contributed by atoms with Crippen LogP contribution in [0.5, 0.6) is 0 Å². The van der Waals surface area contributed by atoms with Gasteiger partial charge in [0.2, 0.25) is 0 Å². The minimum atomic E-state index is -4.44. The fourth-order valence-corrected chi connectivity index (χ4v) is 1.92. The van der Waals surface area contributed by atoms with E-state index in [1.807, 2.05) is 0 Å². The summed E-state index contributed by atoms with van der Waals surface area (Å²) in [7, 11) is 0. The molecule has 112 valence electrons. The van der Waals surface area contributed by atoms with E-state index in [1.54, 1.807) is 0 Å². The third kappa shape index (κ3) is 4.20. The van der Waals surface area contributed by atoms with Gasteiger partial charge >= 0.3 is 6.18 Å². The highest BCUT2D eigenvalue weighted by atomic mass is 19.4. The Labute approximate surface area is 119 Å². The monoisotopic (exact) mass is 298 g/mol. The van der Waals surface area contributed by atoms with Gasteiger partial charge in [0.15, 0.2) is 0 Å². The molecule has 1 fully saturated rings. The molecule has 0 saturated heterocycles. The topological polar surface area (TPSA) is 53.4 Å². The summed E-state index contributed by atoms with van der Waals surface area (Å²) in [6.45, 7) is -1.68. The molecular formula is C14H13F3N2O2. The first kappa shape index (κ1) is 15.3. The largest absolute Gasteiger partial charge is 0.406 e. The van der Waals surface area contributed by atoms with Crippen molar-refractivity contribution in [2.45, 2.75) is 25.1 Å². The minimum Gasteiger partial charge on any atom is -0.384 e. The van der Waals surface area contributed by atoms with E-state index in [1.165, 1.54) is 18.5 Å². The van der Waals surface area contributed by atoms with Gasteiger partial charge in [-0.15, -0.1) is 0 Å². The fraction of sp³-hybridized carbons (Fsp3) is 0.429. The molecule has 0 atom stereocenters. The van der Waals surface area contributed by atoms with Crippen LogP contribution in [-0.2, 0) is 0 Å². The van der Waals surface area contributed by atoms with Crippen molar-refractivity contribution in [3.05, 3.63) is 29.6 Å². The van der Waals surface area contributed by atoms with Crippen molar-refractivity contribution in [2.24, 2.45) is 0 Å². The molecule has 21 heavy (non-hydrogen) atoms. The van der Waals surface area contributed by atoms with E-state index >= 15 is 0 Å². The lowest BCUT2D eigenvalue weighted by Gasteiger charge is -2.24. The van der Waals surface area contributed by atoms with Gasteiger partial charge in [-0.3, -0.25) is 9.78 Å². The number of carbonyl (C=O) groups is 1. The van der Waals surface area contributed by atoms with Crippen LogP contribution in [0.2, 0.25) is 0 Å². The number of aromatic nitrogens is 1. The Bertz CT molecular complexity index is 586. The lowest BCUT2D eigenvalue weighted by molar-refractivity contribution is -0.141. The molecule has 1 heterocycles. The number of pyridine rings is 1. The van der Waals surface area contributed by atoms with Gasteiger partial charge in [-0.1, -0.05) is 11.8 Å². The zero-order valence-electron chi connectivity index (χ0n) is 11.0.